The first kappa shape index (κ1) is 19.3. The van der Waals surface area contributed by atoms with E-state index >= 15 is 0 Å². The maximum Gasteiger partial charge on any atom is 0.338 e. The number of imide groups is 1. The highest BCUT2D eigenvalue weighted by Crippen LogP contribution is 2.24. The van der Waals surface area contributed by atoms with Crippen LogP contribution in [0.3, 0.4) is 0 Å². The lowest BCUT2D eigenvalue weighted by molar-refractivity contribution is 0.0474. The number of ketones is 1. The number of fused-ring (bicyclic) bond motifs is 1. The molecule has 0 N–H and O–H groups in total. The smallest absolute Gasteiger partial charge is 0.338 e. The lowest BCUT2D eigenvalue weighted by Gasteiger charge is -2.14. The van der Waals surface area contributed by atoms with Gasteiger partial charge in [-0.2, -0.15) is 0 Å². The third-order valence-corrected chi connectivity index (χ3v) is 4.81. The Labute approximate surface area is 172 Å². The normalized spacial score (nSPS) is 12.6. The first-order chi connectivity index (χ1) is 14.5. The average molecular weight is 399 g/mol. The molecule has 0 spiro atoms. The molecule has 1 aliphatic heterocycles. The molecule has 148 valence electrons. The van der Waals surface area contributed by atoms with E-state index in [9.17, 15) is 19.2 Å². The Morgan fingerprint density at radius 2 is 1.33 bits per heavy atom. The highest BCUT2D eigenvalue weighted by molar-refractivity contribution is 6.21. The van der Waals surface area contributed by atoms with Crippen molar-refractivity contribution >= 4 is 23.6 Å². The van der Waals surface area contributed by atoms with Gasteiger partial charge in [0.2, 0.25) is 0 Å². The molecule has 0 aliphatic carbocycles. The number of benzene rings is 3. The fourth-order valence-corrected chi connectivity index (χ4v) is 3.28. The molecule has 6 nitrogen and oxygen atoms in total. The third-order valence-electron chi connectivity index (χ3n) is 4.81. The predicted molar refractivity (Wildman–Crippen MR) is 108 cm³/mol. The number of rotatable bonds is 6. The van der Waals surface area contributed by atoms with Crippen molar-refractivity contribution in [2.24, 2.45) is 0 Å². The standard InChI is InChI=1S/C24H17NO5/c26-21(17-8-2-1-3-9-17)15-30-24(29)18-10-6-7-16(13-18)14-25-22(27)19-11-4-5-12-20(19)23(25)28/h1-13H,14-15H2. The molecule has 3 aromatic carbocycles. The Bertz CT molecular complexity index is 1120. The van der Waals surface area contributed by atoms with Gasteiger partial charge >= 0.3 is 5.97 Å². The highest BCUT2D eigenvalue weighted by Gasteiger charge is 2.35. The minimum Gasteiger partial charge on any atom is -0.454 e. The number of carbonyl (C=O) groups excluding carboxylic acids is 4. The van der Waals surface area contributed by atoms with Gasteiger partial charge in [-0.25, -0.2) is 4.79 Å². The van der Waals surface area contributed by atoms with E-state index in [1.54, 1.807) is 78.9 Å². The summed E-state index contributed by atoms with van der Waals surface area (Å²) < 4.78 is 5.13. The van der Waals surface area contributed by atoms with Crippen molar-refractivity contribution in [1.29, 1.82) is 0 Å². The Morgan fingerprint density at radius 3 is 2.00 bits per heavy atom. The molecule has 0 saturated carbocycles. The summed E-state index contributed by atoms with van der Waals surface area (Å²) >= 11 is 0. The highest BCUT2D eigenvalue weighted by atomic mass is 16.5. The zero-order valence-corrected chi connectivity index (χ0v) is 15.9. The zero-order valence-electron chi connectivity index (χ0n) is 15.9. The van der Waals surface area contributed by atoms with Crippen LogP contribution in [0.2, 0.25) is 0 Å². The van der Waals surface area contributed by atoms with Gasteiger partial charge in [-0.05, 0) is 29.8 Å². The Hall–Kier alpha value is -4.06. The van der Waals surface area contributed by atoms with Crippen molar-refractivity contribution in [3.63, 3.8) is 0 Å². The summed E-state index contributed by atoms with van der Waals surface area (Å²) in [6.45, 7) is -0.331. The molecule has 0 radical (unpaired) electrons. The van der Waals surface area contributed by atoms with Crippen LogP contribution in [-0.4, -0.2) is 35.1 Å². The Morgan fingerprint density at radius 1 is 0.733 bits per heavy atom. The number of carbonyl (C=O) groups is 4. The maximum absolute atomic E-state index is 12.5. The van der Waals surface area contributed by atoms with E-state index in [2.05, 4.69) is 0 Å². The van der Waals surface area contributed by atoms with Crippen LogP contribution in [-0.2, 0) is 11.3 Å². The first-order valence-electron chi connectivity index (χ1n) is 9.34. The van der Waals surface area contributed by atoms with Gasteiger partial charge in [0.05, 0.1) is 23.2 Å². The molecule has 1 aliphatic rings. The van der Waals surface area contributed by atoms with Crippen molar-refractivity contribution in [3.8, 4) is 0 Å². The van der Waals surface area contributed by atoms with E-state index < -0.39 is 5.97 Å². The summed E-state index contributed by atoms with van der Waals surface area (Å²) in [5.74, 6) is -1.68. The van der Waals surface area contributed by atoms with Crippen LogP contribution < -0.4 is 0 Å². The van der Waals surface area contributed by atoms with Crippen molar-refractivity contribution in [3.05, 3.63) is 107 Å². The van der Waals surface area contributed by atoms with E-state index in [0.717, 1.165) is 4.90 Å². The molecule has 4 rings (SSSR count). The molecule has 6 heteroatoms. The minimum absolute atomic E-state index is 0.0381. The number of nitrogens with zero attached hydrogens (tertiary/aromatic N) is 1. The molecule has 0 saturated heterocycles. The lowest BCUT2D eigenvalue weighted by Crippen LogP contribution is -2.29. The van der Waals surface area contributed by atoms with E-state index in [1.807, 2.05) is 0 Å². The van der Waals surface area contributed by atoms with Gasteiger partial charge in [-0.1, -0.05) is 54.6 Å². The first-order valence-corrected chi connectivity index (χ1v) is 9.34. The van der Waals surface area contributed by atoms with Crippen molar-refractivity contribution < 1.29 is 23.9 Å². The van der Waals surface area contributed by atoms with Gasteiger partial charge in [-0.3, -0.25) is 19.3 Å². The van der Waals surface area contributed by atoms with E-state index in [-0.39, 0.29) is 36.3 Å². The summed E-state index contributed by atoms with van der Waals surface area (Å²) in [7, 11) is 0. The van der Waals surface area contributed by atoms with Crippen molar-refractivity contribution in [2.45, 2.75) is 6.54 Å². The van der Waals surface area contributed by atoms with E-state index in [0.29, 0.717) is 22.3 Å². The van der Waals surface area contributed by atoms with Gasteiger partial charge in [-0.15, -0.1) is 0 Å². The lowest BCUT2D eigenvalue weighted by atomic mass is 10.1. The second-order valence-electron chi connectivity index (χ2n) is 6.81. The fourth-order valence-electron chi connectivity index (χ4n) is 3.28. The summed E-state index contributed by atoms with van der Waals surface area (Å²) in [6.07, 6.45) is 0. The molecule has 2 amide bonds. The summed E-state index contributed by atoms with van der Waals surface area (Å²) in [4.78, 5) is 50.6. The third kappa shape index (κ3) is 3.75. The molecule has 0 fully saturated rings. The summed E-state index contributed by atoms with van der Waals surface area (Å²) in [5, 5.41) is 0. The predicted octanol–water partition coefficient (Wildman–Crippen LogP) is 3.52. The largest absolute Gasteiger partial charge is 0.454 e. The number of ether oxygens (including phenoxy) is 1. The second-order valence-corrected chi connectivity index (χ2v) is 6.81. The molecule has 3 aromatic rings. The SMILES string of the molecule is O=C(COC(=O)c1cccc(CN2C(=O)c3ccccc3C2=O)c1)c1ccccc1. The van der Waals surface area contributed by atoms with Crippen LogP contribution >= 0.6 is 0 Å². The number of amides is 2. The second kappa shape index (κ2) is 8.13. The number of hydrogen-bond acceptors (Lipinski definition) is 5. The van der Waals surface area contributed by atoms with Gasteiger partial charge in [0.25, 0.3) is 11.8 Å². The van der Waals surface area contributed by atoms with Gasteiger partial charge < -0.3 is 4.74 Å². The Kier molecular flexibility index (Phi) is 5.22. The number of Topliss-reactive ketones (excluding diaryl/α,β-unsaturated/α-hetero) is 1. The van der Waals surface area contributed by atoms with Crippen molar-refractivity contribution in [2.75, 3.05) is 6.61 Å². The molecule has 0 unspecified atom stereocenters. The molecule has 1 heterocycles. The average Bonchev–Trinajstić information content (AvgIpc) is 3.03. The van der Waals surface area contributed by atoms with Crippen LogP contribution in [0.4, 0.5) is 0 Å². The molecule has 0 bridgehead atoms. The summed E-state index contributed by atoms with van der Waals surface area (Å²) in [5.41, 5.74) is 2.05. The van der Waals surface area contributed by atoms with E-state index in [4.69, 9.17) is 4.74 Å². The summed E-state index contributed by atoms with van der Waals surface area (Å²) in [6, 6.07) is 21.7. The molecule has 0 atom stereocenters. The van der Waals surface area contributed by atoms with Gasteiger partial charge in [0.1, 0.15) is 0 Å². The quantitative estimate of drug-likeness (QED) is 0.360. The van der Waals surface area contributed by atoms with Gasteiger partial charge in [0.15, 0.2) is 12.4 Å². The topological polar surface area (TPSA) is 80.8 Å². The number of hydrogen-bond donors (Lipinski definition) is 0. The molecular weight excluding hydrogens is 382 g/mol. The van der Waals surface area contributed by atoms with Crippen molar-refractivity contribution in [1.82, 2.24) is 4.90 Å². The molecule has 30 heavy (non-hydrogen) atoms. The zero-order chi connectivity index (χ0) is 21.1. The van der Waals surface area contributed by atoms with E-state index in [1.165, 1.54) is 0 Å². The van der Waals surface area contributed by atoms with Crippen LogP contribution in [0.1, 0.15) is 47.0 Å². The Balaban J connectivity index is 1.43. The van der Waals surface area contributed by atoms with Crippen LogP contribution in [0.25, 0.3) is 0 Å². The molecular formula is C24H17NO5. The van der Waals surface area contributed by atoms with Crippen LogP contribution in [0, 0.1) is 0 Å². The van der Waals surface area contributed by atoms with Gasteiger partial charge in [0, 0.05) is 5.56 Å². The van der Waals surface area contributed by atoms with Crippen LogP contribution in [0.5, 0.6) is 0 Å². The molecule has 0 aromatic heterocycles. The minimum atomic E-state index is -0.650. The number of esters is 1. The van der Waals surface area contributed by atoms with Crippen LogP contribution in [0.15, 0.2) is 78.9 Å². The maximum atomic E-state index is 12.5. The fraction of sp³-hybridized carbons (Fsp3) is 0.0833. The monoisotopic (exact) mass is 399 g/mol.